The second-order valence-electron chi connectivity index (χ2n) is 6.02. The van der Waals surface area contributed by atoms with E-state index in [1.807, 2.05) is 0 Å². The molecule has 0 saturated heterocycles. The maximum Gasteiger partial charge on any atom is 0.266 e. The van der Waals surface area contributed by atoms with Crippen molar-refractivity contribution in [3.8, 4) is 5.69 Å². The van der Waals surface area contributed by atoms with Crippen LogP contribution in [0.2, 0.25) is 0 Å². The van der Waals surface area contributed by atoms with Gasteiger partial charge in [0.05, 0.1) is 22.8 Å². The molecule has 0 fully saturated rings. The first-order valence-corrected chi connectivity index (χ1v) is 11.2. The third-order valence-electron chi connectivity index (χ3n) is 3.81. The molecule has 0 unspecified atom stereocenters. The SMILES string of the molecule is CS(=O)(=O)NCCCSc1nc2ccccc2c(=O)n1-c1ccc(F)cc1F. The molecule has 0 aliphatic rings. The predicted octanol–water partition coefficient (Wildman–Crippen LogP) is 2.70. The Morgan fingerprint density at radius 1 is 1.18 bits per heavy atom. The van der Waals surface area contributed by atoms with E-state index >= 15 is 0 Å². The average molecular weight is 425 g/mol. The maximum absolute atomic E-state index is 14.4. The number of benzene rings is 2. The van der Waals surface area contributed by atoms with Crippen molar-refractivity contribution in [2.45, 2.75) is 11.6 Å². The van der Waals surface area contributed by atoms with Gasteiger partial charge in [-0.3, -0.25) is 9.36 Å². The standard InChI is InChI=1S/C18H17F2N3O3S2/c1-28(25,26)21-9-4-10-27-18-22-15-6-3-2-5-13(15)17(24)23(18)16-8-7-12(19)11-14(16)20/h2-3,5-8,11,21H,4,9-10H2,1H3. The van der Waals surface area contributed by atoms with Crippen LogP contribution in [0.4, 0.5) is 8.78 Å². The molecule has 1 N–H and O–H groups in total. The molecule has 3 aromatic rings. The molecule has 1 heterocycles. The molecule has 1 aromatic heterocycles. The summed E-state index contributed by atoms with van der Waals surface area (Å²) >= 11 is 1.19. The van der Waals surface area contributed by atoms with E-state index in [9.17, 15) is 22.0 Å². The number of hydrogen-bond donors (Lipinski definition) is 1. The highest BCUT2D eigenvalue weighted by Crippen LogP contribution is 2.23. The Bertz CT molecular complexity index is 1180. The lowest BCUT2D eigenvalue weighted by molar-refractivity contribution is 0.572. The van der Waals surface area contributed by atoms with E-state index in [4.69, 9.17) is 0 Å². The van der Waals surface area contributed by atoms with Crippen molar-refractivity contribution < 1.29 is 17.2 Å². The quantitative estimate of drug-likeness (QED) is 0.358. The summed E-state index contributed by atoms with van der Waals surface area (Å²) < 4.78 is 53.4. The summed E-state index contributed by atoms with van der Waals surface area (Å²) in [4.78, 5) is 17.4. The molecule has 0 amide bonds. The topological polar surface area (TPSA) is 81.1 Å². The van der Waals surface area contributed by atoms with Gasteiger partial charge < -0.3 is 0 Å². The van der Waals surface area contributed by atoms with Crippen molar-refractivity contribution in [1.29, 1.82) is 0 Å². The third kappa shape index (κ3) is 4.75. The van der Waals surface area contributed by atoms with Gasteiger partial charge >= 0.3 is 0 Å². The fourth-order valence-electron chi connectivity index (χ4n) is 2.58. The van der Waals surface area contributed by atoms with Gasteiger partial charge in [-0.05, 0) is 30.7 Å². The molecule has 28 heavy (non-hydrogen) atoms. The Labute approximate surface area is 164 Å². The zero-order valence-corrected chi connectivity index (χ0v) is 16.5. The van der Waals surface area contributed by atoms with Crippen molar-refractivity contribution in [2.75, 3.05) is 18.6 Å². The molecule has 10 heteroatoms. The van der Waals surface area contributed by atoms with Crippen LogP contribution < -0.4 is 10.3 Å². The molecule has 2 aromatic carbocycles. The Morgan fingerprint density at radius 3 is 2.64 bits per heavy atom. The molecule has 0 aliphatic carbocycles. The Balaban J connectivity index is 1.99. The summed E-state index contributed by atoms with van der Waals surface area (Å²) in [6.07, 6.45) is 1.55. The highest BCUT2D eigenvalue weighted by molar-refractivity contribution is 7.99. The Hall–Kier alpha value is -2.30. The van der Waals surface area contributed by atoms with Gasteiger partial charge in [-0.2, -0.15) is 0 Å². The summed E-state index contributed by atoms with van der Waals surface area (Å²) in [5.41, 5.74) is -0.0997. The van der Waals surface area contributed by atoms with Crippen LogP contribution in [0.1, 0.15) is 6.42 Å². The van der Waals surface area contributed by atoms with Crippen LogP contribution in [0.3, 0.4) is 0 Å². The lowest BCUT2D eigenvalue weighted by Gasteiger charge is -2.14. The normalized spacial score (nSPS) is 11.8. The average Bonchev–Trinajstić information content (AvgIpc) is 2.62. The minimum Gasteiger partial charge on any atom is -0.268 e. The number of hydrogen-bond acceptors (Lipinski definition) is 5. The highest BCUT2D eigenvalue weighted by Gasteiger charge is 2.16. The van der Waals surface area contributed by atoms with E-state index in [1.54, 1.807) is 24.3 Å². The Morgan fingerprint density at radius 2 is 1.93 bits per heavy atom. The largest absolute Gasteiger partial charge is 0.268 e. The van der Waals surface area contributed by atoms with Crippen LogP contribution in [0.15, 0.2) is 52.4 Å². The zero-order chi connectivity index (χ0) is 20.3. The van der Waals surface area contributed by atoms with Crippen LogP contribution in [0.5, 0.6) is 0 Å². The molecule has 0 aliphatic heterocycles. The number of sulfonamides is 1. The first kappa shape index (κ1) is 20.4. The number of aromatic nitrogens is 2. The smallest absolute Gasteiger partial charge is 0.266 e. The molecule has 0 saturated carbocycles. The van der Waals surface area contributed by atoms with Crippen LogP contribution in [0.25, 0.3) is 16.6 Å². The first-order chi connectivity index (χ1) is 13.3. The predicted molar refractivity (Wildman–Crippen MR) is 105 cm³/mol. The van der Waals surface area contributed by atoms with Crippen molar-refractivity contribution >= 4 is 32.7 Å². The molecular weight excluding hydrogens is 408 g/mol. The fraction of sp³-hybridized carbons (Fsp3) is 0.222. The van der Waals surface area contributed by atoms with Gasteiger partial charge in [0.15, 0.2) is 5.16 Å². The van der Waals surface area contributed by atoms with Crippen molar-refractivity contribution in [1.82, 2.24) is 14.3 Å². The van der Waals surface area contributed by atoms with Crippen molar-refractivity contribution in [3.05, 3.63) is 64.5 Å². The lowest BCUT2D eigenvalue weighted by atomic mass is 10.2. The number of halogens is 2. The van der Waals surface area contributed by atoms with Gasteiger partial charge in [-0.15, -0.1) is 0 Å². The second kappa shape index (κ2) is 8.38. The number of thioether (sulfide) groups is 1. The molecule has 0 bridgehead atoms. The van der Waals surface area contributed by atoms with Gasteiger partial charge in [0, 0.05) is 18.4 Å². The van der Waals surface area contributed by atoms with Gasteiger partial charge in [-0.25, -0.2) is 26.9 Å². The summed E-state index contributed by atoms with van der Waals surface area (Å²) in [6.45, 7) is 0.231. The molecule has 0 radical (unpaired) electrons. The monoisotopic (exact) mass is 425 g/mol. The summed E-state index contributed by atoms with van der Waals surface area (Å²) in [7, 11) is -3.28. The zero-order valence-electron chi connectivity index (χ0n) is 14.9. The number of nitrogens with one attached hydrogen (secondary N) is 1. The summed E-state index contributed by atoms with van der Waals surface area (Å²) in [6, 6.07) is 9.66. The first-order valence-electron chi connectivity index (χ1n) is 8.31. The molecule has 148 valence electrons. The minimum atomic E-state index is -3.28. The van der Waals surface area contributed by atoms with E-state index in [2.05, 4.69) is 9.71 Å². The van der Waals surface area contributed by atoms with E-state index in [0.29, 0.717) is 29.1 Å². The van der Waals surface area contributed by atoms with E-state index in [-0.39, 0.29) is 17.4 Å². The van der Waals surface area contributed by atoms with Gasteiger partial charge in [0.25, 0.3) is 5.56 Å². The summed E-state index contributed by atoms with van der Waals surface area (Å²) in [5.74, 6) is -1.18. The molecular formula is C18H17F2N3O3S2. The van der Waals surface area contributed by atoms with E-state index < -0.39 is 27.2 Å². The number of nitrogens with zero attached hydrogens (tertiary/aromatic N) is 2. The van der Waals surface area contributed by atoms with Crippen LogP contribution >= 0.6 is 11.8 Å². The van der Waals surface area contributed by atoms with Gasteiger partial charge in [0.2, 0.25) is 10.0 Å². The Kier molecular flexibility index (Phi) is 6.11. The highest BCUT2D eigenvalue weighted by atomic mass is 32.2. The van der Waals surface area contributed by atoms with E-state index in [1.165, 1.54) is 17.8 Å². The number of para-hydroxylation sites is 1. The number of rotatable bonds is 7. The molecule has 3 rings (SSSR count). The third-order valence-corrected chi connectivity index (χ3v) is 5.57. The maximum atomic E-state index is 14.4. The van der Waals surface area contributed by atoms with Crippen molar-refractivity contribution in [2.24, 2.45) is 0 Å². The van der Waals surface area contributed by atoms with Crippen LogP contribution in [-0.4, -0.2) is 36.5 Å². The van der Waals surface area contributed by atoms with Crippen LogP contribution in [0, 0.1) is 11.6 Å². The van der Waals surface area contributed by atoms with Gasteiger partial charge in [-0.1, -0.05) is 23.9 Å². The molecule has 0 atom stereocenters. The van der Waals surface area contributed by atoms with Crippen molar-refractivity contribution in [3.63, 3.8) is 0 Å². The summed E-state index contributed by atoms with van der Waals surface area (Å²) in [5, 5.41) is 0.558. The fourth-order valence-corrected chi connectivity index (χ4v) is 4.04. The lowest BCUT2D eigenvalue weighted by Crippen LogP contribution is -2.24. The van der Waals surface area contributed by atoms with Crippen LogP contribution in [-0.2, 0) is 10.0 Å². The number of fused-ring (bicyclic) bond motifs is 1. The second-order valence-corrected chi connectivity index (χ2v) is 8.91. The molecule has 0 spiro atoms. The van der Waals surface area contributed by atoms with Gasteiger partial charge in [0.1, 0.15) is 11.6 Å². The molecule has 6 nitrogen and oxygen atoms in total. The van der Waals surface area contributed by atoms with E-state index in [0.717, 1.165) is 16.9 Å². The minimum absolute atomic E-state index is 0.0959.